The number of carbonyl (C=O) groups excluding carboxylic acids is 1. The monoisotopic (exact) mass is 445 g/mol. The number of carbonyl (C=O) groups is 1. The largest absolute Gasteiger partial charge is 0.389 e. The van der Waals surface area contributed by atoms with Gasteiger partial charge >= 0.3 is 6.18 Å². The molecule has 5 rings (SSSR count). The Kier molecular flexibility index (Phi) is 6.21. The van der Waals surface area contributed by atoms with E-state index in [-0.39, 0.29) is 24.3 Å². The molecular weight excluding hydrogens is 413 g/mol. The minimum absolute atomic E-state index is 0.0706. The van der Waals surface area contributed by atoms with E-state index in [9.17, 15) is 23.1 Å². The van der Waals surface area contributed by atoms with Gasteiger partial charge in [-0.25, -0.2) is 0 Å². The van der Waals surface area contributed by atoms with Crippen LogP contribution in [0.4, 0.5) is 13.2 Å². The van der Waals surface area contributed by atoms with Gasteiger partial charge in [0.15, 0.2) is 5.60 Å². The fourth-order valence-electron chi connectivity index (χ4n) is 6.00. The Morgan fingerprint density at radius 2 is 1.90 bits per heavy atom. The molecular formula is C22H32F3N2O2S+. The van der Waals surface area contributed by atoms with Crippen molar-refractivity contribution in [3.05, 3.63) is 22.4 Å². The molecule has 0 radical (unpaired) electrons. The molecule has 4 nitrogen and oxygen atoms in total. The number of hydrogen-bond donors (Lipinski definition) is 2. The number of piperidine rings is 3. The van der Waals surface area contributed by atoms with E-state index >= 15 is 0 Å². The van der Waals surface area contributed by atoms with Crippen molar-refractivity contribution in [2.45, 2.75) is 69.2 Å². The molecule has 2 bridgehead atoms. The topological polar surface area (TPSA) is 49.3 Å². The van der Waals surface area contributed by atoms with Crippen molar-refractivity contribution in [2.24, 2.45) is 11.8 Å². The number of alkyl halides is 3. The lowest BCUT2D eigenvalue weighted by Gasteiger charge is -2.53. The van der Waals surface area contributed by atoms with Crippen LogP contribution in [0.5, 0.6) is 0 Å². The minimum atomic E-state index is -4.11. The van der Waals surface area contributed by atoms with Crippen LogP contribution in [0, 0.1) is 11.8 Å². The maximum absolute atomic E-state index is 13.4. The Labute approximate surface area is 180 Å². The van der Waals surface area contributed by atoms with Crippen LogP contribution in [0.15, 0.2) is 17.5 Å². The summed E-state index contributed by atoms with van der Waals surface area (Å²) in [5, 5.41) is 16.7. The summed E-state index contributed by atoms with van der Waals surface area (Å²) in [5.74, 6) is -0.0380. The SMILES string of the molecule is O=C(N[C@H]1C[N+]2(CCCC(F)(F)F)CCC1CC2)C(O)(c1cccs1)C1CCCC1. The normalized spacial score (nSPS) is 31.6. The first-order valence-electron chi connectivity index (χ1n) is 11.2. The molecule has 8 heteroatoms. The second-order valence-electron chi connectivity index (χ2n) is 9.56. The van der Waals surface area contributed by atoms with E-state index in [2.05, 4.69) is 5.32 Å². The Balaban J connectivity index is 1.45. The van der Waals surface area contributed by atoms with Crippen molar-refractivity contribution in [1.82, 2.24) is 5.32 Å². The zero-order chi connectivity index (χ0) is 21.4. The Morgan fingerprint density at radius 1 is 1.20 bits per heavy atom. The first kappa shape index (κ1) is 22.1. The number of halogens is 3. The Morgan fingerprint density at radius 3 is 2.50 bits per heavy atom. The maximum Gasteiger partial charge on any atom is 0.389 e. The second kappa shape index (κ2) is 8.43. The summed E-state index contributed by atoms with van der Waals surface area (Å²) in [6, 6.07) is 3.63. The van der Waals surface area contributed by atoms with Gasteiger partial charge in [0, 0.05) is 36.5 Å². The van der Waals surface area contributed by atoms with Gasteiger partial charge in [0.05, 0.1) is 32.2 Å². The van der Waals surface area contributed by atoms with Gasteiger partial charge < -0.3 is 14.9 Å². The zero-order valence-corrected chi connectivity index (χ0v) is 18.1. The molecule has 30 heavy (non-hydrogen) atoms. The van der Waals surface area contributed by atoms with Crippen molar-refractivity contribution >= 4 is 17.2 Å². The fraction of sp³-hybridized carbons (Fsp3) is 0.773. The molecule has 168 valence electrons. The number of amides is 1. The van der Waals surface area contributed by atoms with Gasteiger partial charge in [0.1, 0.15) is 0 Å². The lowest BCUT2D eigenvalue weighted by Crippen LogP contribution is -2.68. The third-order valence-corrected chi connectivity index (χ3v) is 8.69. The number of quaternary nitrogens is 1. The van der Waals surface area contributed by atoms with Gasteiger partial charge in [0.25, 0.3) is 5.91 Å². The highest BCUT2D eigenvalue weighted by Gasteiger charge is 2.51. The number of fused-ring (bicyclic) bond motifs is 3. The fourth-order valence-corrected chi connectivity index (χ4v) is 6.90. The van der Waals surface area contributed by atoms with Crippen LogP contribution < -0.4 is 5.32 Å². The molecule has 1 saturated carbocycles. The average Bonchev–Trinajstić information content (AvgIpc) is 3.41. The van der Waals surface area contributed by atoms with E-state index in [1.807, 2.05) is 17.5 Å². The van der Waals surface area contributed by atoms with Crippen LogP contribution in [0.1, 0.15) is 56.2 Å². The second-order valence-corrected chi connectivity index (χ2v) is 10.5. The molecule has 4 fully saturated rings. The number of rotatable bonds is 7. The standard InChI is InChI=1S/C22H31F3N2O2S/c23-21(24,25)10-4-11-27-12-8-16(9-13-27)18(15-27)26-20(28)22(29,17-5-1-2-6-17)19-7-3-14-30-19/h3,7,14,16-18,29H,1-2,4-6,8-13,15H2/p+1/t16?,18-,22?,27?/m0/s1. The smallest absolute Gasteiger partial charge is 0.374 e. The molecule has 1 unspecified atom stereocenters. The maximum atomic E-state index is 13.4. The molecule has 0 spiro atoms. The number of aliphatic hydroxyl groups is 1. The summed E-state index contributed by atoms with van der Waals surface area (Å²) in [4.78, 5) is 14.1. The zero-order valence-electron chi connectivity index (χ0n) is 17.3. The van der Waals surface area contributed by atoms with Gasteiger partial charge in [-0.15, -0.1) is 11.3 Å². The first-order chi connectivity index (χ1) is 14.2. The molecule has 2 N–H and O–H groups in total. The number of nitrogens with zero attached hydrogens (tertiary/aromatic N) is 1. The van der Waals surface area contributed by atoms with E-state index in [0.717, 1.165) is 51.6 Å². The predicted octanol–water partition coefficient (Wildman–Crippen LogP) is 4.19. The van der Waals surface area contributed by atoms with Gasteiger partial charge in [-0.3, -0.25) is 4.79 Å². The number of thiophene rings is 1. The Bertz CT molecular complexity index is 725. The quantitative estimate of drug-likeness (QED) is 0.619. The summed E-state index contributed by atoms with van der Waals surface area (Å²) in [7, 11) is 0. The highest BCUT2D eigenvalue weighted by atomic mass is 32.1. The van der Waals surface area contributed by atoms with Crippen LogP contribution >= 0.6 is 11.3 Å². The molecule has 1 aromatic heterocycles. The number of hydrogen-bond acceptors (Lipinski definition) is 3. The van der Waals surface area contributed by atoms with E-state index in [4.69, 9.17) is 0 Å². The summed E-state index contributed by atoms with van der Waals surface area (Å²) >= 11 is 1.41. The van der Waals surface area contributed by atoms with Crippen LogP contribution in [0.3, 0.4) is 0 Å². The first-order valence-corrected chi connectivity index (χ1v) is 12.1. The van der Waals surface area contributed by atoms with Gasteiger partial charge in [0.2, 0.25) is 0 Å². The molecule has 0 aromatic carbocycles. The summed E-state index contributed by atoms with van der Waals surface area (Å²) in [6.45, 7) is 2.98. The van der Waals surface area contributed by atoms with E-state index in [0.29, 0.717) is 28.4 Å². The predicted molar refractivity (Wildman–Crippen MR) is 110 cm³/mol. The molecule has 1 aliphatic carbocycles. The van der Waals surface area contributed by atoms with Crippen LogP contribution in [-0.4, -0.2) is 53.9 Å². The van der Waals surface area contributed by atoms with Crippen LogP contribution in [-0.2, 0) is 10.4 Å². The molecule has 1 amide bonds. The molecule has 4 heterocycles. The molecule has 4 aliphatic rings. The third kappa shape index (κ3) is 4.41. The van der Waals surface area contributed by atoms with Crippen molar-refractivity contribution in [2.75, 3.05) is 26.2 Å². The highest BCUT2D eigenvalue weighted by Crippen LogP contribution is 2.43. The van der Waals surface area contributed by atoms with E-state index in [1.165, 1.54) is 11.3 Å². The molecule has 1 aromatic rings. The van der Waals surface area contributed by atoms with Crippen LogP contribution in [0.2, 0.25) is 0 Å². The minimum Gasteiger partial charge on any atom is -0.374 e. The lowest BCUT2D eigenvalue weighted by molar-refractivity contribution is -0.944. The van der Waals surface area contributed by atoms with Gasteiger partial charge in [-0.05, 0) is 30.2 Å². The summed E-state index contributed by atoms with van der Waals surface area (Å²) in [6.07, 6.45) is 0.867. The molecule has 2 atom stereocenters. The van der Waals surface area contributed by atoms with E-state index < -0.39 is 18.2 Å². The van der Waals surface area contributed by atoms with Crippen LogP contribution in [0.25, 0.3) is 0 Å². The van der Waals surface area contributed by atoms with Crippen molar-refractivity contribution in [3.8, 4) is 0 Å². The Hall–Kier alpha value is -1.12. The summed E-state index contributed by atoms with van der Waals surface area (Å²) in [5.41, 5.74) is -1.50. The average molecular weight is 446 g/mol. The summed E-state index contributed by atoms with van der Waals surface area (Å²) < 4.78 is 38.5. The van der Waals surface area contributed by atoms with Crippen molar-refractivity contribution in [1.29, 1.82) is 0 Å². The highest BCUT2D eigenvalue weighted by molar-refractivity contribution is 7.10. The molecule has 3 aliphatic heterocycles. The molecule has 3 saturated heterocycles. The van der Waals surface area contributed by atoms with Gasteiger partial charge in [-0.2, -0.15) is 13.2 Å². The lowest BCUT2D eigenvalue weighted by atomic mass is 9.79. The van der Waals surface area contributed by atoms with E-state index in [1.54, 1.807) is 0 Å². The number of nitrogens with one attached hydrogen (secondary N) is 1. The van der Waals surface area contributed by atoms with Crippen molar-refractivity contribution in [3.63, 3.8) is 0 Å². The third-order valence-electron chi connectivity index (χ3n) is 7.70. The van der Waals surface area contributed by atoms with Gasteiger partial charge in [-0.1, -0.05) is 18.9 Å². The van der Waals surface area contributed by atoms with Crippen molar-refractivity contribution < 1.29 is 27.6 Å².